The molecule has 8 nitrogen and oxygen atoms in total. The lowest BCUT2D eigenvalue weighted by atomic mass is 9.97. The summed E-state index contributed by atoms with van der Waals surface area (Å²) in [6.07, 6.45) is 2.74. The number of aromatic nitrogens is 1. The van der Waals surface area contributed by atoms with Gasteiger partial charge in [-0.25, -0.2) is 4.79 Å². The quantitative estimate of drug-likeness (QED) is 0.402. The van der Waals surface area contributed by atoms with Crippen LogP contribution in [-0.4, -0.2) is 46.0 Å². The van der Waals surface area contributed by atoms with Crippen molar-refractivity contribution in [1.82, 2.24) is 15.6 Å². The number of aliphatic carboxylic acids is 1. The zero-order valence-electron chi connectivity index (χ0n) is 17.9. The standard InChI is InChI=1S/C22H32N4O4/c1-5-13(4)19(22(29)30)26-21(28)18(12(2)3)25-20(27)16(23)10-14-11-24-17-9-7-6-8-15(14)17/h6-9,11-13,16,18-19,24H,5,10,23H2,1-4H3,(H,25,27)(H,26,28)(H,29,30)/t13-,16-,18-,19-/m0/s1. The summed E-state index contributed by atoms with van der Waals surface area (Å²) in [4.78, 5) is 40.1. The van der Waals surface area contributed by atoms with Crippen molar-refractivity contribution in [2.75, 3.05) is 0 Å². The van der Waals surface area contributed by atoms with Crippen LogP contribution in [0, 0.1) is 11.8 Å². The fourth-order valence-corrected chi connectivity index (χ4v) is 3.35. The van der Waals surface area contributed by atoms with Gasteiger partial charge in [-0.3, -0.25) is 9.59 Å². The zero-order valence-corrected chi connectivity index (χ0v) is 17.9. The maximum Gasteiger partial charge on any atom is 0.326 e. The van der Waals surface area contributed by atoms with E-state index < -0.39 is 35.9 Å². The topological polar surface area (TPSA) is 137 Å². The second kappa shape index (κ2) is 10.2. The molecule has 30 heavy (non-hydrogen) atoms. The predicted molar refractivity (Wildman–Crippen MR) is 116 cm³/mol. The molecule has 0 unspecified atom stereocenters. The highest BCUT2D eigenvalue weighted by Gasteiger charge is 2.32. The molecule has 0 saturated heterocycles. The van der Waals surface area contributed by atoms with Crippen LogP contribution in [0.3, 0.4) is 0 Å². The highest BCUT2D eigenvalue weighted by molar-refractivity contribution is 5.92. The van der Waals surface area contributed by atoms with Crippen molar-refractivity contribution >= 4 is 28.7 Å². The Morgan fingerprint density at radius 3 is 2.30 bits per heavy atom. The Kier molecular flexibility index (Phi) is 8.00. The van der Waals surface area contributed by atoms with E-state index in [-0.39, 0.29) is 11.8 Å². The largest absolute Gasteiger partial charge is 0.480 e. The summed E-state index contributed by atoms with van der Waals surface area (Å²) in [5.41, 5.74) is 8.00. The SMILES string of the molecule is CC[C@H](C)[C@H](NC(=O)[C@@H](NC(=O)[C@@H](N)Cc1c[nH]c2ccccc12)C(C)C)C(=O)O. The van der Waals surface area contributed by atoms with E-state index in [0.29, 0.717) is 12.8 Å². The van der Waals surface area contributed by atoms with E-state index in [0.717, 1.165) is 16.5 Å². The molecule has 0 fully saturated rings. The molecule has 2 amide bonds. The van der Waals surface area contributed by atoms with Crippen molar-refractivity contribution < 1.29 is 19.5 Å². The highest BCUT2D eigenvalue weighted by Crippen LogP contribution is 2.19. The number of aromatic amines is 1. The summed E-state index contributed by atoms with van der Waals surface area (Å²) in [7, 11) is 0. The van der Waals surface area contributed by atoms with Gasteiger partial charge < -0.3 is 26.5 Å². The van der Waals surface area contributed by atoms with Crippen molar-refractivity contribution in [3.05, 3.63) is 36.0 Å². The van der Waals surface area contributed by atoms with E-state index >= 15 is 0 Å². The lowest BCUT2D eigenvalue weighted by Crippen LogP contribution is -2.57. The van der Waals surface area contributed by atoms with Crippen LogP contribution in [0.1, 0.15) is 39.7 Å². The zero-order chi connectivity index (χ0) is 22.4. The molecule has 0 spiro atoms. The molecule has 1 heterocycles. The van der Waals surface area contributed by atoms with Gasteiger partial charge in [-0.05, 0) is 29.9 Å². The molecule has 0 aliphatic carbocycles. The van der Waals surface area contributed by atoms with Crippen molar-refractivity contribution in [2.24, 2.45) is 17.6 Å². The third kappa shape index (κ3) is 5.60. The number of nitrogens with one attached hydrogen (secondary N) is 3. The molecule has 0 aliphatic heterocycles. The Labute approximate surface area is 176 Å². The number of hydrogen-bond donors (Lipinski definition) is 5. The highest BCUT2D eigenvalue weighted by atomic mass is 16.4. The number of para-hydroxylation sites is 1. The molecule has 164 valence electrons. The van der Waals surface area contributed by atoms with Gasteiger partial charge in [0.1, 0.15) is 12.1 Å². The molecule has 0 bridgehead atoms. The predicted octanol–water partition coefficient (Wildman–Crippen LogP) is 1.79. The monoisotopic (exact) mass is 416 g/mol. The van der Waals surface area contributed by atoms with Gasteiger partial charge in [0.15, 0.2) is 0 Å². The second-order valence-corrected chi connectivity index (χ2v) is 8.11. The van der Waals surface area contributed by atoms with Crippen LogP contribution in [-0.2, 0) is 20.8 Å². The lowest BCUT2D eigenvalue weighted by Gasteiger charge is -2.27. The van der Waals surface area contributed by atoms with Gasteiger partial charge in [-0.1, -0.05) is 52.3 Å². The van der Waals surface area contributed by atoms with Gasteiger partial charge >= 0.3 is 5.97 Å². The Balaban J connectivity index is 2.06. The summed E-state index contributed by atoms with van der Waals surface area (Å²) in [6, 6.07) is 5.00. The van der Waals surface area contributed by atoms with Crippen molar-refractivity contribution in [3.63, 3.8) is 0 Å². The molecule has 2 rings (SSSR count). The number of amides is 2. The molecule has 8 heteroatoms. The van der Waals surface area contributed by atoms with Crippen LogP contribution in [0.4, 0.5) is 0 Å². The number of rotatable bonds is 10. The third-order valence-corrected chi connectivity index (χ3v) is 5.48. The fourth-order valence-electron chi connectivity index (χ4n) is 3.35. The van der Waals surface area contributed by atoms with Gasteiger partial charge in [-0.15, -0.1) is 0 Å². The smallest absolute Gasteiger partial charge is 0.326 e. The number of carbonyl (C=O) groups is 3. The Bertz CT molecular complexity index is 892. The van der Waals surface area contributed by atoms with Crippen LogP contribution in [0.25, 0.3) is 10.9 Å². The Morgan fingerprint density at radius 1 is 1.07 bits per heavy atom. The Morgan fingerprint density at radius 2 is 1.70 bits per heavy atom. The first-order chi connectivity index (χ1) is 14.1. The minimum Gasteiger partial charge on any atom is -0.480 e. The molecule has 0 saturated carbocycles. The fraction of sp³-hybridized carbons (Fsp3) is 0.500. The average molecular weight is 417 g/mol. The Hall–Kier alpha value is -2.87. The molecule has 0 radical (unpaired) electrons. The van der Waals surface area contributed by atoms with Gasteiger partial charge in [0, 0.05) is 17.1 Å². The number of carboxylic acids is 1. The summed E-state index contributed by atoms with van der Waals surface area (Å²) >= 11 is 0. The van der Waals surface area contributed by atoms with Gasteiger partial charge in [0.05, 0.1) is 6.04 Å². The van der Waals surface area contributed by atoms with Crippen molar-refractivity contribution in [3.8, 4) is 0 Å². The number of benzene rings is 1. The van der Waals surface area contributed by atoms with E-state index in [1.165, 1.54) is 0 Å². The average Bonchev–Trinajstić information content (AvgIpc) is 3.11. The molecule has 2 aromatic rings. The van der Waals surface area contributed by atoms with Crippen LogP contribution < -0.4 is 16.4 Å². The number of carbonyl (C=O) groups excluding carboxylic acids is 2. The number of carboxylic acid groups (broad SMARTS) is 1. The third-order valence-electron chi connectivity index (χ3n) is 5.48. The van der Waals surface area contributed by atoms with E-state index in [1.54, 1.807) is 20.8 Å². The van der Waals surface area contributed by atoms with Crippen LogP contribution >= 0.6 is 0 Å². The molecule has 1 aromatic carbocycles. The number of H-pyrrole nitrogens is 1. The summed E-state index contributed by atoms with van der Waals surface area (Å²) in [5, 5.41) is 15.7. The minimum atomic E-state index is -1.09. The first kappa shape index (κ1) is 23.4. The number of fused-ring (bicyclic) bond motifs is 1. The first-order valence-electron chi connectivity index (χ1n) is 10.3. The summed E-state index contributed by atoms with van der Waals surface area (Å²) in [6.45, 7) is 7.20. The molecule has 6 N–H and O–H groups in total. The minimum absolute atomic E-state index is 0.236. The van der Waals surface area contributed by atoms with Gasteiger partial charge in [-0.2, -0.15) is 0 Å². The summed E-state index contributed by atoms with van der Waals surface area (Å²) < 4.78 is 0. The van der Waals surface area contributed by atoms with Gasteiger partial charge in [0.2, 0.25) is 11.8 Å². The van der Waals surface area contributed by atoms with E-state index in [1.807, 2.05) is 37.4 Å². The lowest BCUT2D eigenvalue weighted by molar-refractivity contribution is -0.144. The van der Waals surface area contributed by atoms with Gasteiger partial charge in [0.25, 0.3) is 0 Å². The molecule has 1 aromatic heterocycles. The summed E-state index contributed by atoms with van der Waals surface area (Å²) in [5.74, 6) is -2.54. The first-order valence-corrected chi connectivity index (χ1v) is 10.3. The molecular formula is C22H32N4O4. The van der Waals surface area contributed by atoms with E-state index in [4.69, 9.17) is 5.73 Å². The number of nitrogens with two attached hydrogens (primary N) is 1. The van der Waals surface area contributed by atoms with Crippen LogP contribution in [0.15, 0.2) is 30.5 Å². The van der Waals surface area contributed by atoms with Crippen molar-refractivity contribution in [1.29, 1.82) is 0 Å². The van der Waals surface area contributed by atoms with Crippen LogP contribution in [0.2, 0.25) is 0 Å². The van der Waals surface area contributed by atoms with Crippen LogP contribution in [0.5, 0.6) is 0 Å². The normalized spacial score (nSPS) is 15.4. The maximum absolute atomic E-state index is 12.7. The number of hydrogen-bond acceptors (Lipinski definition) is 4. The van der Waals surface area contributed by atoms with E-state index in [2.05, 4.69) is 15.6 Å². The molecule has 4 atom stereocenters. The molecule has 0 aliphatic rings. The maximum atomic E-state index is 12.7. The second-order valence-electron chi connectivity index (χ2n) is 8.11. The van der Waals surface area contributed by atoms with Crippen molar-refractivity contribution in [2.45, 2.75) is 58.7 Å². The van der Waals surface area contributed by atoms with E-state index in [9.17, 15) is 19.5 Å². The molecular weight excluding hydrogens is 384 g/mol.